The van der Waals surface area contributed by atoms with Gasteiger partial charge in [0.05, 0.1) is 0 Å². The molecule has 0 aromatic carbocycles. The van der Waals surface area contributed by atoms with E-state index in [2.05, 4.69) is 22.7 Å². The van der Waals surface area contributed by atoms with Gasteiger partial charge >= 0.3 is 0 Å². The van der Waals surface area contributed by atoms with Crippen LogP contribution in [0.4, 0.5) is 4.79 Å². The zero-order valence-corrected chi connectivity index (χ0v) is 16.4. The molecule has 0 fully saturated rings. The molecule has 0 saturated carbocycles. The van der Waals surface area contributed by atoms with Gasteiger partial charge in [-0.2, -0.15) is 0 Å². The quantitative estimate of drug-likeness (QED) is 0.765. The molecule has 0 atom stereocenters. The molecular formula is C11H19N3OY2-2. The van der Waals surface area contributed by atoms with Gasteiger partial charge in [-0.15, -0.1) is 0 Å². The molecule has 4 nitrogen and oxygen atoms in total. The van der Waals surface area contributed by atoms with Crippen LogP contribution in [0, 0.1) is 14.5 Å². The molecule has 0 aliphatic carbocycles. The van der Waals surface area contributed by atoms with E-state index in [0.29, 0.717) is 6.54 Å². The maximum Gasteiger partial charge on any atom is 0.285 e. The standard InChI is InChI=1S/C8H10N3O.C2H6.CH3.2Y/c1-9-8(12)11-6-7-3-2-4-10-5-7;1-2;;;/h2-5H,1,6H2,(H2,9,11,12);1-2H3;1H3;;/q-1;;-1;;. The Balaban J connectivity index is -0.000000160. The fourth-order valence-electron chi connectivity index (χ4n) is 0.748. The van der Waals surface area contributed by atoms with Crippen molar-refractivity contribution >= 4 is 6.03 Å². The Hall–Kier alpha value is 0.628. The molecule has 0 saturated heterocycles. The third-order valence-corrected chi connectivity index (χ3v) is 1.34. The predicted molar refractivity (Wildman–Crippen MR) is 62.7 cm³/mol. The van der Waals surface area contributed by atoms with Gasteiger partial charge < -0.3 is 18.1 Å². The van der Waals surface area contributed by atoms with Crippen molar-refractivity contribution in [3.8, 4) is 0 Å². The van der Waals surface area contributed by atoms with Crippen LogP contribution >= 0.6 is 0 Å². The van der Waals surface area contributed by atoms with Crippen LogP contribution in [0.2, 0.25) is 0 Å². The van der Waals surface area contributed by atoms with Gasteiger partial charge in [0.25, 0.3) is 6.03 Å². The van der Waals surface area contributed by atoms with Crippen LogP contribution in [-0.4, -0.2) is 11.0 Å². The van der Waals surface area contributed by atoms with E-state index >= 15 is 0 Å². The number of aromatic nitrogens is 1. The SMILES string of the molecule is CC.[CH2-]NC(=O)NCc1cccnc1.[CH3-].[Y].[Y]. The van der Waals surface area contributed by atoms with Gasteiger partial charge in [-0.3, -0.25) is 16.8 Å². The van der Waals surface area contributed by atoms with Crippen molar-refractivity contribution in [1.29, 1.82) is 0 Å². The molecule has 17 heavy (non-hydrogen) atoms. The molecular weight excluding hydrogens is 368 g/mol. The topological polar surface area (TPSA) is 54.0 Å². The minimum absolute atomic E-state index is 0. The van der Waals surface area contributed by atoms with Crippen molar-refractivity contribution in [3.63, 3.8) is 0 Å². The number of carbonyl (C=O) groups is 1. The van der Waals surface area contributed by atoms with Crippen LogP contribution in [0.25, 0.3) is 0 Å². The Morgan fingerprint density at radius 3 is 2.41 bits per heavy atom. The van der Waals surface area contributed by atoms with Crippen LogP contribution in [0.3, 0.4) is 0 Å². The first-order valence-corrected chi connectivity index (χ1v) is 4.53. The van der Waals surface area contributed by atoms with Crippen molar-refractivity contribution in [2.75, 3.05) is 0 Å². The van der Waals surface area contributed by atoms with Crippen molar-refractivity contribution in [3.05, 3.63) is 44.6 Å². The first-order chi connectivity index (χ1) is 6.83. The third-order valence-electron chi connectivity index (χ3n) is 1.34. The first kappa shape index (κ1) is 26.2. The third kappa shape index (κ3) is 14.6. The molecule has 1 aromatic heterocycles. The Labute approximate surface area is 155 Å². The molecule has 1 aromatic rings. The van der Waals surface area contributed by atoms with Crippen molar-refractivity contribution < 1.29 is 70.2 Å². The largest absolute Gasteiger partial charge is 0.490 e. The van der Waals surface area contributed by atoms with E-state index in [-0.39, 0.29) is 78.9 Å². The number of nitrogens with zero attached hydrogens (tertiary/aromatic N) is 1. The molecule has 2 N–H and O–H groups in total. The molecule has 0 aliphatic heterocycles. The second-order valence-electron chi connectivity index (χ2n) is 2.22. The summed E-state index contributed by atoms with van der Waals surface area (Å²) in [5, 5.41) is 4.81. The normalized spacial score (nSPS) is 6.76. The average molecular weight is 387 g/mol. The van der Waals surface area contributed by atoms with E-state index in [1.165, 1.54) is 0 Å². The Kier molecular flexibility index (Phi) is 29.3. The van der Waals surface area contributed by atoms with Crippen molar-refractivity contribution in [2.45, 2.75) is 20.4 Å². The molecule has 0 spiro atoms. The van der Waals surface area contributed by atoms with Crippen LogP contribution in [0.15, 0.2) is 24.5 Å². The first-order valence-electron chi connectivity index (χ1n) is 4.53. The number of carbonyl (C=O) groups excluding carboxylic acids is 1. The Morgan fingerprint density at radius 1 is 1.41 bits per heavy atom. The van der Waals surface area contributed by atoms with Gasteiger partial charge in [0.1, 0.15) is 0 Å². The zero-order valence-electron chi connectivity index (χ0n) is 10.7. The average Bonchev–Trinajstić information content (AvgIpc) is 2.30. The summed E-state index contributed by atoms with van der Waals surface area (Å²) in [5.74, 6) is 0. The molecule has 2 amide bonds. The van der Waals surface area contributed by atoms with Gasteiger partial charge in [0.2, 0.25) is 0 Å². The summed E-state index contributed by atoms with van der Waals surface area (Å²) in [5.41, 5.74) is 0.959. The fraction of sp³-hybridized carbons (Fsp3) is 0.273. The number of rotatable bonds is 2. The van der Waals surface area contributed by atoms with Gasteiger partial charge in [-0.25, -0.2) is 0 Å². The van der Waals surface area contributed by atoms with Gasteiger partial charge in [-0.05, 0) is 11.6 Å². The second-order valence-corrected chi connectivity index (χ2v) is 2.22. The summed E-state index contributed by atoms with van der Waals surface area (Å²) < 4.78 is 0. The predicted octanol–water partition coefficient (Wildman–Crippen LogP) is 2.14. The van der Waals surface area contributed by atoms with Crippen LogP contribution in [0.5, 0.6) is 0 Å². The number of urea groups is 1. The maximum absolute atomic E-state index is 10.7. The molecule has 1 heterocycles. The van der Waals surface area contributed by atoms with E-state index in [0.717, 1.165) is 5.56 Å². The number of pyridine rings is 1. The van der Waals surface area contributed by atoms with E-state index in [9.17, 15) is 4.79 Å². The maximum atomic E-state index is 10.7. The molecule has 0 unspecified atom stereocenters. The summed E-state index contributed by atoms with van der Waals surface area (Å²) >= 11 is 0. The molecule has 2 radical (unpaired) electrons. The van der Waals surface area contributed by atoms with Gasteiger partial charge in [0.15, 0.2) is 0 Å². The summed E-state index contributed by atoms with van der Waals surface area (Å²) in [6, 6.07) is 3.41. The summed E-state index contributed by atoms with van der Waals surface area (Å²) in [6.07, 6.45) is 3.38. The molecule has 6 heteroatoms. The number of hydrogen-bond donors (Lipinski definition) is 2. The van der Waals surface area contributed by atoms with Gasteiger partial charge in [0, 0.05) is 84.4 Å². The monoisotopic (exact) mass is 387 g/mol. The van der Waals surface area contributed by atoms with E-state index in [4.69, 9.17) is 0 Å². The number of hydrogen-bond acceptors (Lipinski definition) is 2. The van der Waals surface area contributed by atoms with Crippen LogP contribution in [0.1, 0.15) is 19.4 Å². The number of amides is 2. The van der Waals surface area contributed by atoms with Crippen molar-refractivity contribution in [2.24, 2.45) is 0 Å². The zero-order chi connectivity index (χ0) is 10.8. The minimum Gasteiger partial charge on any atom is -0.490 e. The Bertz CT molecular complexity index is 258. The molecule has 92 valence electrons. The summed E-state index contributed by atoms with van der Waals surface area (Å²) in [6.45, 7) is 4.47. The smallest absolute Gasteiger partial charge is 0.285 e. The fourth-order valence-corrected chi connectivity index (χ4v) is 0.748. The number of nitrogens with one attached hydrogen (secondary N) is 2. The van der Waals surface area contributed by atoms with E-state index < -0.39 is 0 Å². The molecule has 1 rings (SSSR count). The Morgan fingerprint density at radius 2 is 2.00 bits per heavy atom. The van der Waals surface area contributed by atoms with Crippen molar-refractivity contribution in [1.82, 2.24) is 15.6 Å². The van der Waals surface area contributed by atoms with Crippen LogP contribution in [-0.2, 0) is 72.0 Å². The minimum atomic E-state index is -0.293. The second kappa shape index (κ2) is 19.0. The van der Waals surface area contributed by atoms with E-state index in [1.54, 1.807) is 12.4 Å². The van der Waals surface area contributed by atoms with Gasteiger partial charge in [-0.1, -0.05) is 19.9 Å². The summed E-state index contributed by atoms with van der Waals surface area (Å²) in [4.78, 5) is 14.6. The van der Waals surface area contributed by atoms with Crippen LogP contribution < -0.4 is 10.6 Å². The summed E-state index contributed by atoms with van der Waals surface area (Å²) in [7, 11) is 3.22. The van der Waals surface area contributed by atoms with E-state index in [1.807, 2.05) is 26.0 Å². The molecule has 0 bridgehead atoms. The molecule has 0 aliphatic rings.